The molecule has 7 nitrogen and oxygen atoms in total. The molecule has 0 atom stereocenters. The standard InChI is InChI=1S/C16H14N2O5S/c1-17-14-11(7-12(24-14)15(20)21)13(19)18(16(17)22)8-9-4-3-5-10(6-9)23-2/h3-7H,8H2,1-2H3,(H,20,21). The van der Waals surface area contributed by atoms with Gasteiger partial charge in [-0.05, 0) is 23.8 Å². The summed E-state index contributed by atoms with van der Waals surface area (Å²) in [6, 6.07) is 8.38. The van der Waals surface area contributed by atoms with E-state index in [1.54, 1.807) is 24.3 Å². The average molecular weight is 346 g/mol. The molecule has 1 aromatic carbocycles. The summed E-state index contributed by atoms with van der Waals surface area (Å²) in [5, 5.41) is 9.32. The van der Waals surface area contributed by atoms with E-state index in [9.17, 15) is 14.4 Å². The summed E-state index contributed by atoms with van der Waals surface area (Å²) < 4.78 is 7.53. The number of aromatic carboxylic acids is 1. The molecule has 0 saturated carbocycles. The number of rotatable bonds is 4. The highest BCUT2D eigenvalue weighted by molar-refractivity contribution is 7.20. The fourth-order valence-electron chi connectivity index (χ4n) is 2.48. The van der Waals surface area contributed by atoms with Crippen molar-refractivity contribution in [3.05, 3.63) is 61.6 Å². The van der Waals surface area contributed by atoms with Crippen molar-refractivity contribution in [2.24, 2.45) is 7.05 Å². The van der Waals surface area contributed by atoms with Crippen LogP contribution in [0.3, 0.4) is 0 Å². The van der Waals surface area contributed by atoms with Crippen molar-refractivity contribution in [3.8, 4) is 5.75 Å². The molecule has 0 fully saturated rings. The number of hydrogen-bond acceptors (Lipinski definition) is 5. The van der Waals surface area contributed by atoms with Crippen molar-refractivity contribution in [2.75, 3.05) is 7.11 Å². The minimum absolute atomic E-state index is 0.0243. The van der Waals surface area contributed by atoms with Gasteiger partial charge in [0.25, 0.3) is 5.56 Å². The van der Waals surface area contributed by atoms with Gasteiger partial charge in [-0.3, -0.25) is 13.9 Å². The highest BCUT2D eigenvalue weighted by atomic mass is 32.1. The summed E-state index contributed by atoms with van der Waals surface area (Å²) in [5.74, 6) is -0.496. The lowest BCUT2D eigenvalue weighted by Gasteiger charge is -2.09. The molecule has 0 bridgehead atoms. The van der Waals surface area contributed by atoms with Crippen molar-refractivity contribution in [1.82, 2.24) is 9.13 Å². The van der Waals surface area contributed by atoms with Gasteiger partial charge < -0.3 is 9.84 Å². The van der Waals surface area contributed by atoms with Crippen molar-refractivity contribution in [2.45, 2.75) is 6.54 Å². The predicted octanol–water partition coefficient (Wildman–Crippen LogP) is 1.52. The van der Waals surface area contributed by atoms with E-state index in [1.807, 2.05) is 0 Å². The first-order valence-electron chi connectivity index (χ1n) is 7.02. The Bertz CT molecular complexity index is 1060. The molecule has 8 heteroatoms. The van der Waals surface area contributed by atoms with Crippen LogP contribution < -0.4 is 16.0 Å². The Hall–Kier alpha value is -2.87. The lowest BCUT2D eigenvalue weighted by Crippen LogP contribution is -2.38. The zero-order valence-corrected chi connectivity index (χ0v) is 13.8. The molecule has 2 aromatic heterocycles. The van der Waals surface area contributed by atoms with Crippen LogP contribution in [0.5, 0.6) is 5.75 Å². The predicted molar refractivity (Wildman–Crippen MR) is 90.4 cm³/mol. The van der Waals surface area contributed by atoms with E-state index >= 15 is 0 Å². The van der Waals surface area contributed by atoms with Gasteiger partial charge in [0, 0.05) is 7.05 Å². The van der Waals surface area contributed by atoms with E-state index in [0.717, 1.165) is 21.5 Å². The Kier molecular flexibility index (Phi) is 3.98. The van der Waals surface area contributed by atoms with Crippen molar-refractivity contribution >= 4 is 27.5 Å². The van der Waals surface area contributed by atoms with E-state index < -0.39 is 17.2 Å². The molecule has 0 aliphatic carbocycles. The maximum absolute atomic E-state index is 12.6. The molecule has 124 valence electrons. The van der Waals surface area contributed by atoms with Gasteiger partial charge in [-0.1, -0.05) is 12.1 Å². The second kappa shape index (κ2) is 5.97. The largest absolute Gasteiger partial charge is 0.497 e. The van der Waals surface area contributed by atoms with Crippen LogP contribution >= 0.6 is 11.3 Å². The van der Waals surface area contributed by atoms with Crippen molar-refractivity contribution in [1.29, 1.82) is 0 Å². The normalized spacial score (nSPS) is 10.9. The third-order valence-electron chi connectivity index (χ3n) is 3.70. The smallest absolute Gasteiger partial charge is 0.345 e. The van der Waals surface area contributed by atoms with Gasteiger partial charge in [-0.15, -0.1) is 11.3 Å². The molecule has 1 N–H and O–H groups in total. The Morgan fingerprint density at radius 2 is 2.04 bits per heavy atom. The number of carboxylic acid groups (broad SMARTS) is 1. The molecular weight excluding hydrogens is 332 g/mol. The number of fused-ring (bicyclic) bond motifs is 1. The highest BCUT2D eigenvalue weighted by Crippen LogP contribution is 2.21. The van der Waals surface area contributed by atoms with Crippen LogP contribution in [-0.2, 0) is 13.6 Å². The number of aryl methyl sites for hydroxylation is 1. The van der Waals surface area contributed by atoms with Gasteiger partial charge in [-0.2, -0.15) is 0 Å². The van der Waals surface area contributed by atoms with Crippen LogP contribution in [0.25, 0.3) is 10.2 Å². The molecule has 0 aliphatic rings. The van der Waals surface area contributed by atoms with Crippen LogP contribution in [0.15, 0.2) is 39.9 Å². The highest BCUT2D eigenvalue weighted by Gasteiger charge is 2.17. The van der Waals surface area contributed by atoms with Crippen LogP contribution in [0, 0.1) is 0 Å². The zero-order chi connectivity index (χ0) is 17.4. The third kappa shape index (κ3) is 2.61. The summed E-state index contributed by atoms with van der Waals surface area (Å²) in [6.07, 6.45) is 0. The molecule has 3 aromatic rings. The van der Waals surface area contributed by atoms with Crippen LogP contribution in [0.4, 0.5) is 0 Å². The van der Waals surface area contributed by atoms with Crippen molar-refractivity contribution in [3.63, 3.8) is 0 Å². The van der Waals surface area contributed by atoms with E-state index in [0.29, 0.717) is 10.6 Å². The second-order valence-corrected chi connectivity index (χ2v) is 6.25. The number of ether oxygens (including phenoxy) is 1. The Morgan fingerprint density at radius 3 is 2.71 bits per heavy atom. The average Bonchev–Trinajstić information content (AvgIpc) is 3.03. The molecule has 3 rings (SSSR count). The second-order valence-electron chi connectivity index (χ2n) is 5.22. The van der Waals surface area contributed by atoms with Gasteiger partial charge >= 0.3 is 11.7 Å². The SMILES string of the molecule is COc1cccc(Cn2c(=O)c3cc(C(=O)O)sc3n(C)c2=O)c1. The van der Waals surface area contributed by atoms with Gasteiger partial charge in [-0.25, -0.2) is 9.59 Å². The number of carbonyl (C=O) groups is 1. The third-order valence-corrected chi connectivity index (χ3v) is 4.90. The van der Waals surface area contributed by atoms with E-state index in [-0.39, 0.29) is 16.8 Å². The lowest BCUT2D eigenvalue weighted by molar-refractivity contribution is 0.0702. The first-order chi connectivity index (χ1) is 11.4. The quantitative estimate of drug-likeness (QED) is 0.773. The Balaban J connectivity index is 2.19. The van der Waals surface area contributed by atoms with E-state index in [4.69, 9.17) is 9.84 Å². The van der Waals surface area contributed by atoms with E-state index in [1.165, 1.54) is 24.8 Å². The minimum atomic E-state index is -1.12. The number of hydrogen-bond donors (Lipinski definition) is 1. The van der Waals surface area contributed by atoms with Gasteiger partial charge in [0.1, 0.15) is 15.5 Å². The Morgan fingerprint density at radius 1 is 1.29 bits per heavy atom. The zero-order valence-electron chi connectivity index (χ0n) is 13.0. The topological polar surface area (TPSA) is 90.5 Å². The van der Waals surface area contributed by atoms with Crippen LogP contribution in [-0.4, -0.2) is 27.3 Å². The summed E-state index contributed by atoms with van der Waals surface area (Å²) in [7, 11) is 3.06. The first-order valence-corrected chi connectivity index (χ1v) is 7.83. The number of methoxy groups -OCH3 is 1. The van der Waals surface area contributed by atoms with Gasteiger partial charge in [0.2, 0.25) is 0 Å². The molecule has 24 heavy (non-hydrogen) atoms. The minimum Gasteiger partial charge on any atom is -0.497 e. The van der Waals surface area contributed by atoms with Gasteiger partial charge in [0.05, 0.1) is 19.0 Å². The summed E-state index contributed by atoms with van der Waals surface area (Å²) in [4.78, 5) is 36.6. The molecule has 2 heterocycles. The molecule has 0 amide bonds. The Labute approximate surface area is 140 Å². The molecule has 0 unspecified atom stereocenters. The summed E-state index contributed by atoms with van der Waals surface area (Å²) in [6.45, 7) is 0.0803. The molecule has 0 saturated heterocycles. The van der Waals surface area contributed by atoms with Crippen LogP contribution in [0.2, 0.25) is 0 Å². The first kappa shape index (κ1) is 16.0. The fraction of sp³-hybridized carbons (Fsp3) is 0.188. The number of carboxylic acids is 1. The number of benzene rings is 1. The number of nitrogens with zero attached hydrogens (tertiary/aromatic N) is 2. The van der Waals surface area contributed by atoms with Crippen molar-refractivity contribution < 1.29 is 14.6 Å². The molecule has 0 radical (unpaired) electrons. The molecule has 0 spiro atoms. The molecular formula is C16H14N2O5S. The van der Waals surface area contributed by atoms with Crippen LogP contribution in [0.1, 0.15) is 15.2 Å². The lowest BCUT2D eigenvalue weighted by atomic mass is 10.2. The fourth-order valence-corrected chi connectivity index (χ4v) is 3.43. The monoisotopic (exact) mass is 346 g/mol. The maximum Gasteiger partial charge on any atom is 0.345 e. The maximum atomic E-state index is 12.6. The summed E-state index contributed by atoms with van der Waals surface area (Å²) in [5.41, 5.74) is -0.254. The number of aromatic nitrogens is 2. The van der Waals surface area contributed by atoms with Gasteiger partial charge in [0.15, 0.2) is 0 Å². The molecule has 0 aliphatic heterocycles. The summed E-state index contributed by atoms with van der Waals surface area (Å²) >= 11 is 0.911. The number of thiophene rings is 1. The van der Waals surface area contributed by atoms with E-state index in [2.05, 4.69) is 0 Å².